The molecule has 9 atom stereocenters. The molecule has 0 aliphatic heterocycles. The number of guanidine groups is 2. The number of aliphatic imine (C=N–C) groups is 2. The molecule has 1 rings (SSSR count). The molecule has 0 unspecified atom stereocenters. The first-order valence-electron chi connectivity index (χ1n) is 29.6. The van der Waals surface area contributed by atoms with E-state index in [-0.39, 0.29) is 69.3 Å². The van der Waals surface area contributed by atoms with Crippen molar-refractivity contribution >= 4 is 64.6 Å². The topological polar surface area (TPSA) is 403 Å². The first-order valence-corrected chi connectivity index (χ1v) is 29.6. The minimum atomic E-state index is -1.57. The Balaban J connectivity index is 3.26. The largest absolute Gasteiger partial charge is 0.396 e. The van der Waals surface area contributed by atoms with Gasteiger partial charge in [-0.3, -0.25) is 53.1 Å². The van der Waals surface area contributed by atoms with Crippen LogP contribution in [0.2, 0.25) is 0 Å². The number of hydrogen-bond donors (Lipinski definition) is 12. The van der Waals surface area contributed by atoms with Gasteiger partial charge >= 0.3 is 0 Å². The molecule has 0 aromatic heterocycles. The van der Waals surface area contributed by atoms with Gasteiger partial charge in [0.15, 0.2) is 35.1 Å². The Labute approximate surface area is 486 Å². The third-order valence-electron chi connectivity index (χ3n) is 14.4. The predicted octanol–water partition coefficient (Wildman–Crippen LogP) is 2.60. The van der Waals surface area contributed by atoms with Crippen LogP contribution < -0.4 is 49.5 Å². The smallest absolute Gasteiger partial charge is 0.245 e. The number of aliphatic hydroxyl groups excluding tert-OH is 3. The Kier molecular flexibility index (Phi) is 38.2. The van der Waals surface area contributed by atoms with Crippen LogP contribution in [0.5, 0.6) is 0 Å². The van der Waals surface area contributed by atoms with E-state index in [4.69, 9.17) is 22.9 Å². The van der Waals surface area contributed by atoms with E-state index in [0.29, 0.717) is 12.0 Å². The van der Waals surface area contributed by atoms with Crippen molar-refractivity contribution in [3.8, 4) is 0 Å². The second kappa shape index (κ2) is 42.5. The summed E-state index contributed by atoms with van der Waals surface area (Å²) in [7, 11) is 0. The van der Waals surface area contributed by atoms with Gasteiger partial charge in [-0.2, -0.15) is 0 Å². The summed E-state index contributed by atoms with van der Waals surface area (Å²) < 4.78 is 0. The number of ketones is 4. The van der Waals surface area contributed by atoms with Crippen molar-refractivity contribution in [1.29, 1.82) is 0 Å². The zero-order valence-electron chi connectivity index (χ0n) is 49.8. The van der Waals surface area contributed by atoms with Crippen molar-refractivity contribution in [2.45, 2.75) is 219 Å². The van der Waals surface area contributed by atoms with Crippen LogP contribution in [0.15, 0.2) is 40.3 Å². The number of benzene rings is 1. The van der Waals surface area contributed by atoms with E-state index in [0.717, 1.165) is 25.7 Å². The number of nitrogens with zero attached hydrogens (tertiary/aromatic N) is 2. The molecule has 0 saturated carbocycles. The minimum Gasteiger partial charge on any atom is -0.396 e. The molecule has 16 N–H and O–H groups in total. The summed E-state index contributed by atoms with van der Waals surface area (Å²) in [5.41, 5.74) is 22.6. The third kappa shape index (κ3) is 31.8. The summed E-state index contributed by atoms with van der Waals surface area (Å²) >= 11 is 0. The molecule has 0 bridgehead atoms. The molecule has 0 aliphatic rings. The SMILES string of the molecule is CCCCCCCCCCCCCCCC(=O)N[C@H](C(=O)N[C@H](C(=O)C[C@@H](Cc1ccccc1)C(=O)N[C@@H](CCCN=C(N)N)C(=O)C[C@@H](CO)C(=O)N[C@@H](CO)C(=O)C[C@@H](CCCN=C(N)N)C(=O)N[C@@H](C)C(C)=O)C(C)C)[C@@H](C)O. The van der Waals surface area contributed by atoms with Gasteiger partial charge < -0.3 is 64.8 Å². The Hall–Kier alpha value is -6.33. The van der Waals surface area contributed by atoms with Gasteiger partial charge in [0.05, 0.1) is 43.4 Å². The number of hydrogen-bond acceptors (Lipinski definition) is 14. The summed E-state index contributed by atoms with van der Waals surface area (Å²) in [6.45, 7) is 8.10. The quantitative estimate of drug-likeness (QED) is 0.0253. The van der Waals surface area contributed by atoms with Gasteiger partial charge in [-0.05, 0) is 70.8 Å². The first kappa shape index (κ1) is 73.7. The summed E-state index contributed by atoms with van der Waals surface area (Å²) in [6, 6.07) is 2.49. The fraction of sp³-hybridized carbons (Fsp3) is 0.712. The molecule has 23 heteroatoms. The predicted molar refractivity (Wildman–Crippen MR) is 316 cm³/mol. The van der Waals surface area contributed by atoms with Crippen molar-refractivity contribution in [3.63, 3.8) is 0 Å². The van der Waals surface area contributed by atoms with Crippen LogP contribution in [0, 0.1) is 23.7 Å². The van der Waals surface area contributed by atoms with Gasteiger partial charge in [0.2, 0.25) is 29.5 Å². The number of amides is 5. The minimum absolute atomic E-state index is 0.0183. The molecular weight excluding hydrogens is 1050 g/mol. The lowest BCUT2D eigenvalue weighted by molar-refractivity contribution is -0.137. The number of nitrogens with two attached hydrogens (primary N) is 4. The van der Waals surface area contributed by atoms with Crippen molar-refractivity contribution in [1.82, 2.24) is 26.6 Å². The number of nitrogens with one attached hydrogen (secondary N) is 5. The molecule has 1 aromatic rings. The fourth-order valence-electron chi connectivity index (χ4n) is 9.28. The van der Waals surface area contributed by atoms with E-state index >= 15 is 0 Å². The molecule has 0 aliphatic carbocycles. The van der Waals surface area contributed by atoms with Crippen molar-refractivity contribution in [2.24, 2.45) is 56.6 Å². The Morgan fingerprint density at radius 3 is 1.49 bits per heavy atom. The number of Topliss-reactive ketones (excluding diaryl/α,β-unsaturated/α-hetero) is 4. The van der Waals surface area contributed by atoms with Gasteiger partial charge in [-0.25, -0.2) is 0 Å². The molecule has 82 heavy (non-hydrogen) atoms. The van der Waals surface area contributed by atoms with Crippen LogP contribution in [0.1, 0.15) is 182 Å². The monoisotopic (exact) mass is 1160 g/mol. The maximum absolute atomic E-state index is 14.5. The molecule has 0 fully saturated rings. The van der Waals surface area contributed by atoms with Crippen molar-refractivity contribution in [2.75, 3.05) is 26.3 Å². The van der Waals surface area contributed by atoms with Gasteiger partial charge in [0.25, 0.3) is 0 Å². The standard InChI is InChI=1S/C59H101N11O12/c1-7-8-9-10-11-12-13-14-15-16-17-18-22-29-51(78)69-53(41(6)74)57(82)70-52(38(2)3)50(77)34-44(32-42-25-20-19-21-26-42)55(80)67-46(28-24-31-65-59(62)63)48(75)35-45(36-71)56(81)68-47(37-72)49(76)33-43(27-23-30-64-58(60)61)54(79)66-39(4)40(5)73/h19-21,25-26,38-39,41,43-47,52-53,71-72,74H,7-18,22-24,27-37H2,1-6H3,(H,66,79)(H,67,80)(H,68,81)(H,69,78)(H,70,82)(H4,60,61,64)(H4,62,63,65)/t39-,41+,43+,44+,45-,46-,47-,52-,53-/m0/s1. The zero-order valence-corrected chi connectivity index (χ0v) is 49.8. The second-order valence-electron chi connectivity index (χ2n) is 22.0. The molecule has 0 heterocycles. The van der Waals surface area contributed by atoms with Crippen LogP contribution in [0.25, 0.3) is 0 Å². The van der Waals surface area contributed by atoms with Crippen LogP contribution in [-0.4, -0.2) is 143 Å². The van der Waals surface area contributed by atoms with Gasteiger partial charge in [0, 0.05) is 50.6 Å². The highest BCUT2D eigenvalue weighted by Gasteiger charge is 2.36. The highest BCUT2D eigenvalue weighted by atomic mass is 16.3. The number of unbranched alkanes of at least 4 members (excludes halogenated alkanes) is 12. The number of carbonyl (C=O) groups excluding carboxylic acids is 9. The van der Waals surface area contributed by atoms with E-state index < -0.39 is 139 Å². The number of carbonyl (C=O) groups is 9. The maximum Gasteiger partial charge on any atom is 0.245 e. The van der Waals surface area contributed by atoms with Gasteiger partial charge in [0.1, 0.15) is 12.1 Å². The van der Waals surface area contributed by atoms with E-state index in [9.17, 15) is 58.5 Å². The van der Waals surface area contributed by atoms with E-state index in [1.807, 2.05) is 0 Å². The van der Waals surface area contributed by atoms with E-state index in [1.165, 1.54) is 72.1 Å². The average molecular weight is 1160 g/mol. The summed E-state index contributed by atoms with van der Waals surface area (Å²) in [5.74, 6) is -10.4. The van der Waals surface area contributed by atoms with Crippen LogP contribution in [0.3, 0.4) is 0 Å². The van der Waals surface area contributed by atoms with E-state index in [2.05, 4.69) is 43.5 Å². The number of rotatable bonds is 47. The molecule has 1 aromatic carbocycles. The fourth-order valence-corrected chi connectivity index (χ4v) is 9.28. The lowest BCUT2D eigenvalue weighted by atomic mass is 9.87. The molecule has 0 radical (unpaired) electrons. The third-order valence-corrected chi connectivity index (χ3v) is 14.4. The Morgan fingerprint density at radius 1 is 0.512 bits per heavy atom. The Bertz CT molecular complexity index is 2170. The second-order valence-corrected chi connectivity index (χ2v) is 22.0. The maximum atomic E-state index is 14.5. The van der Waals surface area contributed by atoms with Crippen LogP contribution in [0.4, 0.5) is 0 Å². The number of aliphatic hydroxyl groups is 3. The highest BCUT2D eigenvalue weighted by Crippen LogP contribution is 2.21. The zero-order chi connectivity index (χ0) is 61.6. The van der Waals surface area contributed by atoms with Gasteiger partial charge in [-0.1, -0.05) is 128 Å². The molecule has 0 saturated heterocycles. The van der Waals surface area contributed by atoms with Crippen LogP contribution in [-0.2, 0) is 49.6 Å². The lowest BCUT2D eigenvalue weighted by Gasteiger charge is -2.28. The Morgan fingerprint density at radius 2 is 0.988 bits per heavy atom. The van der Waals surface area contributed by atoms with Crippen LogP contribution >= 0.6 is 0 Å². The average Bonchev–Trinajstić information content (AvgIpc) is 3.43. The summed E-state index contributed by atoms with van der Waals surface area (Å²) in [4.78, 5) is 130. The molecular formula is C59H101N11O12. The summed E-state index contributed by atoms with van der Waals surface area (Å²) in [5, 5.41) is 44.4. The molecule has 464 valence electrons. The lowest BCUT2D eigenvalue weighted by Crippen LogP contribution is -2.57. The summed E-state index contributed by atoms with van der Waals surface area (Å²) in [6.07, 6.45) is 12.6. The van der Waals surface area contributed by atoms with Gasteiger partial charge in [-0.15, -0.1) is 0 Å². The molecule has 0 spiro atoms. The molecule has 5 amide bonds. The highest BCUT2D eigenvalue weighted by molar-refractivity contribution is 5.98. The molecule has 23 nitrogen and oxygen atoms in total. The normalized spacial score (nSPS) is 14.5. The van der Waals surface area contributed by atoms with Crippen molar-refractivity contribution in [3.05, 3.63) is 35.9 Å². The van der Waals surface area contributed by atoms with E-state index in [1.54, 1.807) is 44.2 Å². The first-order chi connectivity index (χ1) is 38.9. The van der Waals surface area contributed by atoms with Crippen molar-refractivity contribution < 1.29 is 58.5 Å².